The number of methoxy groups -OCH3 is 2. The average Bonchev–Trinajstić information content (AvgIpc) is 2.81. The number of nitrogens with zero attached hydrogens (tertiary/aromatic N) is 1. The Morgan fingerprint density at radius 2 is 1.86 bits per heavy atom. The number of hydrogen-bond donors (Lipinski definition) is 1. The van der Waals surface area contributed by atoms with Crippen LogP contribution < -0.4 is 9.47 Å². The van der Waals surface area contributed by atoms with Crippen molar-refractivity contribution < 1.29 is 9.47 Å². The zero-order chi connectivity index (χ0) is 15.0. The number of aromatic nitrogens is 2. The van der Waals surface area contributed by atoms with Crippen LogP contribution in [0, 0.1) is 11.7 Å². The molecule has 108 valence electrons. The highest BCUT2D eigenvalue weighted by atomic mass is 32.1. The molecule has 4 nitrogen and oxygen atoms in total. The van der Waals surface area contributed by atoms with E-state index in [9.17, 15) is 0 Å². The zero-order valence-corrected chi connectivity index (χ0v) is 13.0. The molecule has 0 aliphatic carbocycles. The van der Waals surface area contributed by atoms with Crippen LogP contribution in [0.15, 0.2) is 36.4 Å². The van der Waals surface area contributed by atoms with Gasteiger partial charge in [0.1, 0.15) is 11.5 Å². The summed E-state index contributed by atoms with van der Waals surface area (Å²) in [7, 11) is 3.33. The predicted molar refractivity (Wildman–Crippen MR) is 86.3 cm³/mol. The number of fused-ring (bicyclic) bond motifs is 1. The van der Waals surface area contributed by atoms with Gasteiger partial charge in [-0.2, -0.15) is 0 Å². The molecule has 5 heteroatoms. The molecule has 21 heavy (non-hydrogen) atoms. The van der Waals surface area contributed by atoms with Gasteiger partial charge in [-0.05, 0) is 55.0 Å². The van der Waals surface area contributed by atoms with Crippen molar-refractivity contribution in [2.24, 2.45) is 0 Å². The Hall–Kier alpha value is -2.27. The molecule has 0 aliphatic heterocycles. The molecule has 2 aromatic carbocycles. The van der Waals surface area contributed by atoms with Crippen LogP contribution in [-0.4, -0.2) is 23.8 Å². The van der Waals surface area contributed by atoms with Crippen LogP contribution in [0.2, 0.25) is 0 Å². The molecule has 1 heterocycles. The average molecular weight is 300 g/mol. The van der Waals surface area contributed by atoms with Crippen LogP contribution in [0.1, 0.15) is 5.56 Å². The van der Waals surface area contributed by atoms with Crippen molar-refractivity contribution in [1.29, 1.82) is 0 Å². The second-order valence-corrected chi connectivity index (χ2v) is 5.19. The van der Waals surface area contributed by atoms with Gasteiger partial charge in [0.05, 0.1) is 25.3 Å². The van der Waals surface area contributed by atoms with E-state index < -0.39 is 0 Å². The highest BCUT2D eigenvalue weighted by Crippen LogP contribution is 2.26. The topological polar surface area (TPSA) is 39.2 Å². The Morgan fingerprint density at radius 3 is 2.52 bits per heavy atom. The largest absolute Gasteiger partial charge is 0.497 e. The lowest BCUT2D eigenvalue weighted by Gasteiger charge is -2.09. The summed E-state index contributed by atoms with van der Waals surface area (Å²) >= 11 is 5.45. The molecule has 0 amide bonds. The van der Waals surface area contributed by atoms with Crippen molar-refractivity contribution in [1.82, 2.24) is 9.55 Å². The van der Waals surface area contributed by atoms with Crippen LogP contribution in [0.4, 0.5) is 0 Å². The lowest BCUT2D eigenvalue weighted by molar-refractivity contribution is 0.411. The number of benzene rings is 2. The van der Waals surface area contributed by atoms with Crippen LogP contribution >= 0.6 is 12.2 Å². The van der Waals surface area contributed by atoms with Crippen LogP contribution in [-0.2, 0) is 0 Å². The fourth-order valence-corrected chi connectivity index (χ4v) is 2.78. The van der Waals surface area contributed by atoms with Crippen molar-refractivity contribution >= 4 is 23.3 Å². The van der Waals surface area contributed by atoms with Gasteiger partial charge < -0.3 is 14.5 Å². The first-order valence-electron chi connectivity index (χ1n) is 6.58. The van der Waals surface area contributed by atoms with E-state index in [1.165, 1.54) is 0 Å². The summed E-state index contributed by atoms with van der Waals surface area (Å²) in [6.45, 7) is 2.02. The van der Waals surface area contributed by atoms with Crippen molar-refractivity contribution in [3.8, 4) is 17.2 Å². The Kier molecular flexibility index (Phi) is 3.43. The number of nitrogens with one attached hydrogen (secondary N) is 1. The maximum Gasteiger partial charge on any atom is 0.182 e. The van der Waals surface area contributed by atoms with Gasteiger partial charge in [0, 0.05) is 11.8 Å². The molecule has 0 spiro atoms. The molecule has 3 aromatic rings. The standard InChI is InChI=1S/C16H16N2O2S/c1-10-8-11(4-7-15(10)20-3)18-14-9-12(19-2)5-6-13(14)17-16(18)21/h4-9H,1-3H3,(H,17,21). The van der Waals surface area contributed by atoms with E-state index in [1.807, 2.05) is 41.8 Å². The molecule has 1 aromatic heterocycles. The molecule has 0 aliphatic rings. The minimum atomic E-state index is 0.655. The quantitative estimate of drug-likeness (QED) is 0.743. The van der Waals surface area contributed by atoms with Crippen LogP contribution in [0.25, 0.3) is 16.7 Å². The van der Waals surface area contributed by atoms with E-state index in [1.54, 1.807) is 14.2 Å². The van der Waals surface area contributed by atoms with E-state index >= 15 is 0 Å². The minimum absolute atomic E-state index is 0.655. The Balaban J connectivity index is 2.26. The summed E-state index contributed by atoms with van der Waals surface area (Å²) in [5.74, 6) is 1.66. The first-order valence-corrected chi connectivity index (χ1v) is 6.98. The van der Waals surface area contributed by atoms with Gasteiger partial charge in [0.25, 0.3) is 0 Å². The Morgan fingerprint density at radius 1 is 1.05 bits per heavy atom. The third kappa shape index (κ3) is 2.29. The highest BCUT2D eigenvalue weighted by Gasteiger charge is 2.09. The van der Waals surface area contributed by atoms with Crippen molar-refractivity contribution in [2.45, 2.75) is 6.92 Å². The number of H-pyrrole nitrogens is 1. The van der Waals surface area contributed by atoms with E-state index in [0.29, 0.717) is 4.77 Å². The third-order valence-corrected chi connectivity index (χ3v) is 3.81. The predicted octanol–water partition coefficient (Wildman–Crippen LogP) is 4.01. The first-order chi connectivity index (χ1) is 10.1. The number of hydrogen-bond acceptors (Lipinski definition) is 3. The zero-order valence-electron chi connectivity index (χ0n) is 12.1. The van der Waals surface area contributed by atoms with Crippen molar-refractivity contribution in [3.05, 3.63) is 46.7 Å². The van der Waals surface area contributed by atoms with Gasteiger partial charge in [0.2, 0.25) is 0 Å². The van der Waals surface area contributed by atoms with Gasteiger partial charge in [-0.25, -0.2) is 0 Å². The monoisotopic (exact) mass is 300 g/mol. The third-order valence-electron chi connectivity index (χ3n) is 3.53. The molecular weight excluding hydrogens is 284 g/mol. The molecule has 0 radical (unpaired) electrons. The number of rotatable bonds is 3. The van der Waals surface area contributed by atoms with Crippen LogP contribution in [0.5, 0.6) is 11.5 Å². The summed E-state index contributed by atoms with van der Waals surface area (Å²) in [6, 6.07) is 11.9. The second kappa shape index (κ2) is 5.26. The first kappa shape index (κ1) is 13.7. The van der Waals surface area contributed by atoms with Gasteiger partial charge >= 0.3 is 0 Å². The summed E-state index contributed by atoms with van der Waals surface area (Å²) in [5, 5.41) is 0. The van der Waals surface area contributed by atoms with E-state index in [-0.39, 0.29) is 0 Å². The van der Waals surface area contributed by atoms with Crippen molar-refractivity contribution in [3.63, 3.8) is 0 Å². The number of aromatic amines is 1. The van der Waals surface area contributed by atoms with Gasteiger partial charge in [-0.1, -0.05) is 0 Å². The number of aryl methyl sites for hydroxylation is 1. The molecule has 0 unspecified atom stereocenters. The summed E-state index contributed by atoms with van der Waals surface area (Å²) in [5.41, 5.74) is 4.03. The lowest BCUT2D eigenvalue weighted by Crippen LogP contribution is -1.96. The van der Waals surface area contributed by atoms with E-state index in [0.717, 1.165) is 33.8 Å². The Bertz CT molecular complexity index is 864. The lowest BCUT2D eigenvalue weighted by atomic mass is 10.2. The second-order valence-electron chi connectivity index (χ2n) is 4.80. The SMILES string of the molecule is COc1ccc2[nH]c(=S)n(-c3ccc(OC)c(C)c3)c2c1. The number of ether oxygens (including phenoxy) is 2. The summed E-state index contributed by atoms with van der Waals surface area (Å²) in [4.78, 5) is 3.22. The molecular formula is C16H16N2O2S. The van der Waals surface area contributed by atoms with Gasteiger partial charge in [-0.15, -0.1) is 0 Å². The molecule has 1 N–H and O–H groups in total. The van der Waals surface area contributed by atoms with E-state index in [4.69, 9.17) is 21.7 Å². The molecule has 0 saturated carbocycles. The maximum absolute atomic E-state index is 5.45. The van der Waals surface area contributed by atoms with E-state index in [2.05, 4.69) is 11.1 Å². The molecule has 0 bridgehead atoms. The van der Waals surface area contributed by atoms with Crippen LogP contribution in [0.3, 0.4) is 0 Å². The smallest absolute Gasteiger partial charge is 0.182 e. The normalized spacial score (nSPS) is 10.8. The summed E-state index contributed by atoms with van der Waals surface area (Å²) < 4.78 is 13.3. The molecule has 3 rings (SSSR count). The fourth-order valence-electron chi connectivity index (χ4n) is 2.47. The highest BCUT2D eigenvalue weighted by molar-refractivity contribution is 7.71. The van der Waals surface area contributed by atoms with Crippen molar-refractivity contribution in [2.75, 3.05) is 14.2 Å². The molecule has 0 saturated heterocycles. The maximum atomic E-state index is 5.45. The molecule has 0 fully saturated rings. The van der Waals surface area contributed by atoms with Gasteiger partial charge in [0.15, 0.2) is 4.77 Å². The molecule has 0 atom stereocenters. The van der Waals surface area contributed by atoms with Gasteiger partial charge in [-0.3, -0.25) is 4.57 Å². The summed E-state index contributed by atoms with van der Waals surface area (Å²) in [6.07, 6.45) is 0. The minimum Gasteiger partial charge on any atom is -0.497 e. The fraction of sp³-hybridized carbons (Fsp3) is 0.188. The Labute approximate surface area is 127 Å². The number of imidazole rings is 1.